The molecular formula is C16H29O4PSi. The first-order valence-corrected chi connectivity index (χ1v) is 11.2. The van der Waals surface area contributed by atoms with E-state index in [4.69, 9.17) is 13.8 Å². The van der Waals surface area contributed by atoms with E-state index in [1.165, 1.54) is 0 Å². The van der Waals surface area contributed by atoms with Crippen LogP contribution in [0.25, 0.3) is 0 Å². The van der Waals surface area contributed by atoms with Crippen molar-refractivity contribution in [3.63, 3.8) is 0 Å². The van der Waals surface area contributed by atoms with Crippen molar-refractivity contribution < 1.29 is 18.4 Å². The van der Waals surface area contributed by atoms with E-state index in [0.29, 0.717) is 16.6 Å². The van der Waals surface area contributed by atoms with E-state index in [1.54, 1.807) is 0 Å². The second-order valence-corrected chi connectivity index (χ2v) is 12.8. The normalized spacial score (nSPS) is 13.9. The molecule has 0 aliphatic carbocycles. The van der Waals surface area contributed by atoms with Crippen LogP contribution in [0.4, 0.5) is 0 Å². The van der Waals surface area contributed by atoms with Crippen LogP contribution in [0.5, 0.6) is 5.75 Å². The minimum absolute atomic E-state index is 0.149. The van der Waals surface area contributed by atoms with Crippen LogP contribution in [-0.2, 0) is 15.7 Å². The predicted molar refractivity (Wildman–Crippen MR) is 94.1 cm³/mol. The lowest BCUT2D eigenvalue weighted by Crippen LogP contribution is -2.50. The van der Waals surface area contributed by atoms with Gasteiger partial charge in [-0.1, -0.05) is 53.7 Å². The molecule has 0 amide bonds. The highest BCUT2D eigenvalue weighted by molar-refractivity contribution is 7.32. The standard InChI is InChI=1S/C16H29O4PSi/c1-12(2)22(13(3)4,14(5)6)20-16-9-7-15(8-10-16)11-19-21(17)18/h7-10,12-14,21H,11H2,1-6H3,(H,17,18). The molecular weight excluding hydrogens is 315 g/mol. The van der Waals surface area contributed by atoms with Crippen molar-refractivity contribution in [1.82, 2.24) is 0 Å². The van der Waals surface area contributed by atoms with Gasteiger partial charge < -0.3 is 13.8 Å². The molecule has 0 saturated carbocycles. The molecule has 0 aliphatic rings. The van der Waals surface area contributed by atoms with Gasteiger partial charge in [0.1, 0.15) is 5.75 Å². The average molecular weight is 344 g/mol. The highest BCUT2D eigenvalue weighted by atomic mass is 31.1. The first-order chi connectivity index (χ1) is 10.2. The molecule has 0 aliphatic heterocycles. The minimum Gasteiger partial charge on any atom is -0.543 e. The zero-order valence-electron chi connectivity index (χ0n) is 14.4. The molecule has 0 heterocycles. The van der Waals surface area contributed by atoms with E-state index >= 15 is 0 Å². The van der Waals surface area contributed by atoms with Gasteiger partial charge in [0.05, 0.1) is 6.61 Å². The largest absolute Gasteiger partial charge is 0.543 e. The molecule has 6 heteroatoms. The van der Waals surface area contributed by atoms with Crippen molar-refractivity contribution in [2.75, 3.05) is 0 Å². The third-order valence-corrected chi connectivity index (χ3v) is 10.7. The first kappa shape index (κ1) is 19.4. The van der Waals surface area contributed by atoms with Gasteiger partial charge in [0.2, 0.25) is 0 Å². The summed E-state index contributed by atoms with van der Waals surface area (Å²) >= 11 is 0. The summed E-state index contributed by atoms with van der Waals surface area (Å²) in [7, 11) is -4.82. The summed E-state index contributed by atoms with van der Waals surface area (Å²) in [5.41, 5.74) is 2.44. The van der Waals surface area contributed by atoms with Crippen molar-refractivity contribution in [1.29, 1.82) is 0 Å². The molecule has 4 nitrogen and oxygen atoms in total. The van der Waals surface area contributed by atoms with Crippen molar-refractivity contribution in [3.8, 4) is 5.75 Å². The number of hydrogen-bond acceptors (Lipinski definition) is 3. The van der Waals surface area contributed by atoms with E-state index in [9.17, 15) is 4.57 Å². The highest BCUT2D eigenvalue weighted by Gasteiger charge is 2.46. The van der Waals surface area contributed by atoms with Crippen molar-refractivity contribution >= 4 is 16.6 Å². The SMILES string of the molecule is CC(C)[Si](Oc1ccc(CO[PH](=O)O)cc1)(C(C)C)C(C)C. The summed E-state index contributed by atoms with van der Waals surface area (Å²) in [6.07, 6.45) is 0. The van der Waals surface area contributed by atoms with Crippen LogP contribution in [0, 0.1) is 0 Å². The van der Waals surface area contributed by atoms with Gasteiger partial charge in [0, 0.05) is 0 Å². The summed E-state index contributed by atoms with van der Waals surface area (Å²) in [4.78, 5) is 8.71. The summed E-state index contributed by atoms with van der Waals surface area (Å²) in [6.45, 7) is 13.7. The quantitative estimate of drug-likeness (QED) is 0.524. The van der Waals surface area contributed by atoms with Crippen LogP contribution in [0.15, 0.2) is 24.3 Å². The molecule has 1 unspecified atom stereocenters. The Balaban J connectivity index is 2.93. The highest BCUT2D eigenvalue weighted by Crippen LogP contribution is 2.42. The lowest BCUT2D eigenvalue weighted by atomic mass is 10.2. The van der Waals surface area contributed by atoms with Crippen LogP contribution < -0.4 is 4.43 Å². The Kier molecular flexibility index (Phi) is 7.33. The zero-order valence-corrected chi connectivity index (χ0v) is 16.4. The fourth-order valence-electron chi connectivity index (χ4n) is 3.36. The Bertz CT molecular complexity index is 464. The molecule has 0 aromatic heterocycles. The fourth-order valence-corrected chi connectivity index (χ4v) is 8.90. The van der Waals surface area contributed by atoms with Gasteiger partial charge in [-0.3, -0.25) is 4.57 Å². The van der Waals surface area contributed by atoms with E-state index in [0.717, 1.165) is 11.3 Å². The molecule has 1 N–H and O–H groups in total. The second kappa shape index (κ2) is 8.30. The lowest BCUT2D eigenvalue weighted by Gasteiger charge is -2.42. The molecule has 0 radical (unpaired) electrons. The van der Waals surface area contributed by atoms with E-state index in [-0.39, 0.29) is 6.61 Å². The van der Waals surface area contributed by atoms with Crippen molar-refractivity contribution in [2.45, 2.75) is 64.8 Å². The van der Waals surface area contributed by atoms with Crippen LogP contribution in [-0.4, -0.2) is 13.2 Å². The first-order valence-electron chi connectivity index (χ1n) is 7.83. The number of rotatable bonds is 8. The third kappa shape index (κ3) is 4.69. The maximum Gasteiger partial charge on any atom is 0.316 e. The lowest BCUT2D eigenvalue weighted by molar-refractivity contribution is 0.272. The van der Waals surface area contributed by atoms with E-state index < -0.39 is 16.6 Å². The van der Waals surface area contributed by atoms with Gasteiger partial charge in [-0.2, -0.15) is 0 Å². The van der Waals surface area contributed by atoms with E-state index in [2.05, 4.69) is 41.5 Å². The van der Waals surface area contributed by atoms with E-state index in [1.807, 2.05) is 24.3 Å². The summed E-state index contributed by atoms with van der Waals surface area (Å²) in [6, 6.07) is 7.64. The molecule has 0 fully saturated rings. The van der Waals surface area contributed by atoms with Crippen LogP contribution in [0.2, 0.25) is 16.6 Å². The number of hydrogen-bond donors (Lipinski definition) is 1. The van der Waals surface area contributed by atoms with Gasteiger partial charge in [-0.05, 0) is 34.3 Å². The second-order valence-electron chi connectivity index (χ2n) is 6.62. The molecule has 126 valence electrons. The maximum absolute atomic E-state index is 10.6. The Morgan fingerprint density at radius 2 is 1.45 bits per heavy atom. The maximum atomic E-state index is 10.6. The molecule has 1 atom stereocenters. The Morgan fingerprint density at radius 3 is 1.82 bits per heavy atom. The predicted octanol–water partition coefficient (Wildman–Crippen LogP) is 5.14. The van der Waals surface area contributed by atoms with Gasteiger partial charge in [0.15, 0.2) is 0 Å². The zero-order chi connectivity index (χ0) is 16.9. The monoisotopic (exact) mass is 344 g/mol. The number of benzene rings is 1. The van der Waals surface area contributed by atoms with Crippen LogP contribution >= 0.6 is 8.25 Å². The third-order valence-electron chi connectivity index (χ3n) is 4.29. The Hall–Kier alpha value is -0.613. The smallest absolute Gasteiger partial charge is 0.316 e. The summed E-state index contributed by atoms with van der Waals surface area (Å²) in [5.74, 6) is 0.878. The molecule has 1 aromatic rings. The van der Waals surface area contributed by atoms with Gasteiger partial charge in [-0.15, -0.1) is 0 Å². The molecule has 0 spiro atoms. The Morgan fingerprint density at radius 1 is 1.00 bits per heavy atom. The fraction of sp³-hybridized carbons (Fsp3) is 0.625. The molecule has 1 aromatic carbocycles. The molecule has 22 heavy (non-hydrogen) atoms. The van der Waals surface area contributed by atoms with Crippen molar-refractivity contribution in [3.05, 3.63) is 29.8 Å². The van der Waals surface area contributed by atoms with Crippen molar-refractivity contribution in [2.24, 2.45) is 0 Å². The van der Waals surface area contributed by atoms with Crippen LogP contribution in [0.1, 0.15) is 47.1 Å². The molecule has 0 saturated heterocycles. The van der Waals surface area contributed by atoms with Gasteiger partial charge >= 0.3 is 8.25 Å². The topological polar surface area (TPSA) is 55.8 Å². The van der Waals surface area contributed by atoms with Crippen LogP contribution in [0.3, 0.4) is 0 Å². The Labute approximate surface area is 135 Å². The van der Waals surface area contributed by atoms with Gasteiger partial charge in [-0.25, -0.2) is 0 Å². The molecule has 1 rings (SSSR count). The summed E-state index contributed by atoms with van der Waals surface area (Å²) < 4.78 is 21.9. The summed E-state index contributed by atoms with van der Waals surface area (Å²) in [5, 5.41) is 0. The average Bonchev–Trinajstić information content (AvgIpc) is 2.42. The minimum atomic E-state index is -2.88. The molecule has 0 bridgehead atoms. The van der Waals surface area contributed by atoms with Gasteiger partial charge in [0.25, 0.3) is 8.32 Å².